The maximum absolute atomic E-state index is 14.3. The summed E-state index contributed by atoms with van der Waals surface area (Å²) < 4.78 is 5.26. The van der Waals surface area contributed by atoms with Gasteiger partial charge in [0, 0.05) is 13.1 Å². The first-order valence-electron chi connectivity index (χ1n) is 15.9. The number of Topliss-reactive ketones (excluding diaryl/α,β-unsaturated/α-hetero) is 1. The Hall–Kier alpha value is -3.44. The number of likely N-dealkylation sites (tertiary alicyclic amines) is 1. The molecule has 1 heterocycles. The highest BCUT2D eigenvalue weighted by molar-refractivity contribution is 6.38. The summed E-state index contributed by atoms with van der Waals surface area (Å²) >= 11 is 0. The Kier molecular flexibility index (Phi) is 13.8. The molecular formula is C32H53N5O7. The molecule has 2 rings (SSSR count). The molecule has 2 aliphatic rings. The SMILES string of the molecule is C=CCNC(=O)C(=O)C(CCCC)NC(=O)C1C(C)CCN1C(=O)C(NC(=O)NCC(=O)OC(C)(C)C)C1(C)CCCCC1. The van der Waals surface area contributed by atoms with Crippen molar-refractivity contribution in [2.24, 2.45) is 11.3 Å². The highest BCUT2D eigenvalue weighted by atomic mass is 16.6. The van der Waals surface area contributed by atoms with Crippen LogP contribution < -0.4 is 21.3 Å². The lowest BCUT2D eigenvalue weighted by Gasteiger charge is -2.42. The summed E-state index contributed by atoms with van der Waals surface area (Å²) in [5.74, 6) is -3.24. The maximum Gasteiger partial charge on any atom is 0.325 e. The number of ketones is 1. The number of esters is 1. The van der Waals surface area contributed by atoms with Gasteiger partial charge in [-0.2, -0.15) is 0 Å². The lowest BCUT2D eigenvalue weighted by Crippen LogP contribution is -2.62. The number of amides is 5. The third-order valence-electron chi connectivity index (χ3n) is 8.39. The molecular weight excluding hydrogens is 566 g/mol. The van der Waals surface area contributed by atoms with E-state index >= 15 is 0 Å². The van der Waals surface area contributed by atoms with Gasteiger partial charge in [-0.15, -0.1) is 6.58 Å². The molecule has 44 heavy (non-hydrogen) atoms. The second-order valence-corrected chi connectivity index (χ2v) is 13.4. The highest BCUT2D eigenvalue weighted by Gasteiger charge is 2.48. The van der Waals surface area contributed by atoms with Gasteiger partial charge in [-0.3, -0.25) is 24.0 Å². The van der Waals surface area contributed by atoms with E-state index in [-0.39, 0.29) is 31.3 Å². The summed E-state index contributed by atoms with van der Waals surface area (Å²) in [6.07, 6.45) is 7.95. The third-order valence-corrected chi connectivity index (χ3v) is 8.39. The number of hydrogen-bond donors (Lipinski definition) is 4. The van der Waals surface area contributed by atoms with Crippen LogP contribution >= 0.6 is 0 Å². The number of rotatable bonds is 14. The molecule has 0 aromatic heterocycles. The van der Waals surface area contributed by atoms with Crippen molar-refractivity contribution in [1.29, 1.82) is 0 Å². The maximum atomic E-state index is 14.3. The van der Waals surface area contributed by atoms with Crippen LogP contribution in [0.1, 0.15) is 99.3 Å². The number of urea groups is 1. The fraction of sp³-hybridized carbons (Fsp3) is 0.750. The highest BCUT2D eigenvalue weighted by Crippen LogP contribution is 2.40. The zero-order valence-corrected chi connectivity index (χ0v) is 27.4. The van der Waals surface area contributed by atoms with Gasteiger partial charge < -0.3 is 30.9 Å². The quantitative estimate of drug-likeness (QED) is 0.132. The fourth-order valence-corrected chi connectivity index (χ4v) is 6.00. The summed E-state index contributed by atoms with van der Waals surface area (Å²) in [6.45, 7) is 14.6. The van der Waals surface area contributed by atoms with Gasteiger partial charge in [0.05, 0.1) is 6.04 Å². The molecule has 5 amide bonds. The van der Waals surface area contributed by atoms with Gasteiger partial charge in [-0.05, 0) is 57.8 Å². The topological polar surface area (TPSA) is 163 Å². The van der Waals surface area contributed by atoms with Gasteiger partial charge in [0.2, 0.25) is 17.6 Å². The van der Waals surface area contributed by atoms with Crippen molar-refractivity contribution < 1.29 is 33.5 Å². The Morgan fingerprint density at radius 3 is 2.30 bits per heavy atom. The van der Waals surface area contributed by atoms with Crippen LogP contribution in [0.2, 0.25) is 0 Å². The minimum atomic E-state index is -1.03. The molecule has 12 nitrogen and oxygen atoms in total. The molecule has 1 saturated heterocycles. The van der Waals surface area contributed by atoms with Gasteiger partial charge in [0.25, 0.3) is 5.91 Å². The van der Waals surface area contributed by atoms with Gasteiger partial charge in [0.15, 0.2) is 0 Å². The average molecular weight is 620 g/mol. The van der Waals surface area contributed by atoms with E-state index in [9.17, 15) is 28.8 Å². The van der Waals surface area contributed by atoms with E-state index < -0.39 is 58.7 Å². The predicted octanol–water partition coefficient (Wildman–Crippen LogP) is 2.75. The Balaban J connectivity index is 2.26. The summed E-state index contributed by atoms with van der Waals surface area (Å²) in [4.78, 5) is 80.0. The van der Waals surface area contributed by atoms with Crippen molar-refractivity contribution in [1.82, 2.24) is 26.2 Å². The fourth-order valence-electron chi connectivity index (χ4n) is 6.00. The molecule has 1 saturated carbocycles. The van der Waals surface area contributed by atoms with Crippen molar-refractivity contribution >= 4 is 35.5 Å². The third kappa shape index (κ3) is 10.6. The van der Waals surface area contributed by atoms with Crippen LogP contribution in [-0.4, -0.2) is 83.8 Å². The number of carbonyl (C=O) groups excluding carboxylic acids is 6. The van der Waals surface area contributed by atoms with Crippen LogP contribution in [0, 0.1) is 11.3 Å². The van der Waals surface area contributed by atoms with Crippen LogP contribution in [-0.2, 0) is 28.7 Å². The molecule has 1 aliphatic heterocycles. The summed E-state index contributed by atoms with van der Waals surface area (Å²) in [6, 6.07) is -3.52. The first-order chi connectivity index (χ1) is 20.6. The Bertz CT molecular complexity index is 1060. The minimum Gasteiger partial charge on any atom is -0.459 e. The van der Waals surface area contributed by atoms with E-state index in [2.05, 4.69) is 27.8 Å². The number of carbonyl (C=O) groups is 6. The molecule has 0 radical (unpaired) electrons. The second kappa shape index (κ2) is 16.6. The second-order valence-electron chi connectivity index (χ2n) is 13.4. The van der Waals surface area contributed by atoms with Gasteiger partial charge in [0.1, 0.15) is 24.2 Å². The van der Waals surface area contributed by atoms with E-state index in [0.717, 1.165) is 25.7 Å². The van der Waals surface area contributed by atoms with E-state index in [1.54, 1.807) is 20.8 Å². The van der Waals surface area contributed by atoms with Crippen LogP contribution in [0.25, 0.3) is 0 Å². The van der Waals surface area contributed by atoms with Crippen LogP contribution in [0.4, 0.5) is 4.79 Å². The molecule has 12 heteroatoms. The lowest BCUT2D eigenvalue weighted by atomic mass is 9.70. The molecule has 1 aliphatic carbocycles. The summed E-state index contributed by atoms with van der Waals surface area (Å²) in [7, 11) is 0. The van der Waals surface area contributed by atoms with Crippen molar-refractivity contribution in [3.8, 4) is 0 Å². The van der Waals surface area contributed by atoms with Crippen LogP contribution in [0.3, 0.4) is 0 Å². The van der Waals surface area contributed by atoms with Crippen molar-refractivity contribution in [2.75, 3.05) is 19.6 Å². The molecule has 4 unspecified atom stereocenters. The Labute approximate surface area is 261 Å². The standard InChI is InChI=1S/C32H53N5O7/c1-8-10-14-22(25(39)28(41)33-18-9-2)35-27(40)24-21(3)15-19-37(24)29(42)26(32(7)16-12-11-13-17-32)36-30(43)34-20-23(38)44-31(4,5)6/h9,21-22,24,26H,2,8,10-20H2,1,3-7H3,(H,33,41)(H,35,40)(H2,34,36,43). The minimum absolute atomic E-state index is 0.124. The van der Waals surface area contributed by atoms with Gasteiger partial charge >= 0.3 is 12.0 Å². The number of hydrogen-bond acceptors (Lipinski definition) is 7. The largest absolute Gasteiger partial charge is 0.459 e. The van der Waals surface area contributed by atoms with E-state index in [1.807, 2.05) is 20.8 Å². The zero-order chi connectivity index (χ0) is 33.1. The average Bonchev–Trinajstić information content (AvgIpc) is 3.35. The zero-order valence-electron chi connectivity index (χ0n) is 27.4. The molecule has 0 bridgehead atoms. The summed E-state index contributed by atoms with van der Waals surface area (Å²) in [5.41, 5.74) is -1.27. The van der Waals surface area contributed by atoms with E-state index in [0.29, 0.717) is 32.2 Å². The monoisotopic (exact) mass is 619 g/mol. The first kappa shape index (κ1) is 36.8. The van der Waals surface area contributed by atoms with Crippen molar-refractivity contribution in [2.45, 2.75) is 123 Å². The van der Waals surface area contributed by atoms with E-state index in [4.69, 9.17) is 4.74 Å². The normalized spacial score (nSPS) is 20.9. The van der Waals surface area contributed by atoms with E-state index in [1.165, 1.54) is 11.0 Å². The first-order valence-corrected chi connectivity index (χ1v) is 15.9. The van der Waals surface area contributed by atoms with Gasteiger partial charge in [-0.25, -0.2) is 4.79 Å². The molecule has 4 N–H and O–H groups in total. The molecule has 0 aromatic rings. The molecule has 0 aromatic carbocycles. The van der Waals surface area contributed by atoms with Crippen molar-refractivity contribution in [3.63, 3.8) is 0 Å². The number of ether oxygens (including phenoxy) is 1. The number of nitrogens with one attached hydrogen (secondary N) is 4. The van der Waals surface area contributed by atoms with Crippen LogP contribution in [0.5, 0.6) is 0 Å². The van der Waals surface area contributed by atoms with Crippen molar-refractivity contribution in [3.05, 3.63) is 12.7 Å². The Morgan fingerprint density at radius 1 is 1.05 bits per heavy atom. The summed E-state index contributed by atoms with van der Waals surface area (Å²) in [5, 5.41) is 10.6. The lowest BCUT2D eigenvalue weighted by molar-refractivity contribution is -0.153. The number of unbranched alkanes of at least 4 members (excludes halogenated alkanes) is 1. The molecule has 4 atom stereocenters. The van der Waals surface area contributed by atoms with Gasteiger partial charge in [-0.1, -0.05) is 59.0 Å². The molecule has 0 spiro atoms. The van der Waals surface area contributed by atoms with Crippen LogP contribution in [0.15, 0.2) is 12.7 Å². The predicted molar refractivity (Wildman–Crippen MR) is 166 cm³/mol. The molecule has 2 fully saturated rings. The molecule has 248 valence electrons. The Morgan fingerprint density at radius 2 is 1.70 bits per heavy atom. The number of nitrogens with zero attached hydrogens (tertiary/aromatic N) is 1. The smallest absolute Gasteiger partial charge is 0.325 e.